The number of carboxylic acids is 1. The van der Waals surface area contributed by atoms with Crippen LogP contribution in [-0.2, 0) is 4.79 Å². The molecular formula is C13H13BrF2N2O3. The highest BCUT2D eigenvalue weighted by Gasteiger charge is 2.28. The van der Waals surface area contributed by atoms with Gasteiger partial charge in [-0.25, -0.2) is 13.6 Å². The van der Waals surface area contributed by atoms with Crippen LogP contribution in [0, 0.1) is 17.6 Å². The van der Waals surface area contributed by atoms with E-state index in [-0.39, 0.29) is 16.7 Å². The Bertz CT molecular complexity index is 560. The SMILES string of the molecule is O=C(O)C1CCCN(C(=O)Nc2c(F)cc(F)cc2Br)C1. The fraction of sp³-hybridized carbons (Fsp3) is 0.385. The van der Waals surface area contributed by atoms with Crippen molar-refractivity contribution >= 4 is 33.6 Å². The Labute approximate surface area is 128 Å². The second-order valence-corrected chi connectivity index (χ2v) is 5.65. The fourth-order valence-electron chi connectivity index (χ4n) is 2.21. The molecular weight excluding hydrogens is 350 g/mol. The number of carbonyl (C=O) groups excluding carboxylic acids is 1. The molecule has 2 amide bonds. The molecule has 2 N–H and O–H groups in total. The van der Waals surface area contributed by atoms with Crippen molar-refractivity contribution in [2.45, 2.75) is 12.8 Å². The molecule has 1 aromatic rings. The number of carboxylic acid groups (broad SMARTS) is 1. The zero-order valence-electron chi connectivity index (χ0n) is 10.9. The normalized spacial score (nSPS) is 18.4. The minimum absolute atomic E-state index is 0.0710. The van der Waals surface area contributed by atoms with Gasteiger partial charge in [0.05, 0.1) is 11.6 Å². The van der Waals surface area contributed by atoms with E-state index in [1.165, 1.54) is 4.90 Å². The van der Waals surface area contributed by atoms with Crippen LogP contribution in [0.4, 0.5) is 19.3 Å². The number of benzene rings is 1. The minimum atomic E-state index is -0.957. The first-order chi connectivity index (χ1) is 9.88. The van der Waals surface area contributed by atoms with E-state index in [0.29, 0.717) is 25.5 Å². The first-order valence-electron chi connectivity index (χ1n) is 6.31. The van der Waals surface area contributed by atoms with E-state index in [2.05, 4.69) is 21.2 Å². The second-order valence-electron chi connectivity index (χ2n) is 4.80. The maximum Gasteiger partial charge on any atom is 0.321 e. The number of nitrogens with one attached hydrogen (secondary N) is 1. The highest BCUT2D eigenvalue weighted by Crippen LogP contribution is 2.27. The van der Waals surface area contributed by atoms with Crippen LogP contribution >= 0.6 is 15.9 Å². The Morgan fingerprint density at radius 3 is 2.71 bits per heavy atom. The van der Waals surface area contributed by atoms with Gasteiger partial charge in [0.25, 0.3) is 0 Å². The molecule has 1 heterocycles. The Balaban J connectivity index is 2.10. The Hall–Kier alpha value is -1.70. The number of likely N-dealkylation sites (tertiary alicyclic amines) is 1. The van der Waals surface area contributed by atoms with E-state index in [9.17, 15) is 18.4 Å². The molecule has 1 saturated heterocycles. The number of aliphatic carboxylic acids is 1. The van der Waals surface area contributed by atoms with Crippen molar-refractivity contribution < 1.29 is 23.5 Å². The predicted molar refractivity (Wildman–Crippen MR) is 75.0 cm³/mol. The third-order valence-electron chi connectivity index (χ3n) is 3.30. The lowest BCUT2D eigenvalue weighted by molar-refractivity contribution is -0.143. The van der Waals surface area contributed by atoms with Crippen LogP contribution < -0.4 is 5.32 Å². The number of rotatable bonds is 2. The van der Waals surface area contributed by atoms with Crippen molar-refractivity contribution in [3.63, 3.8) is 0 Å². The van der Waals surface area contributed by atoms with Gasteiger partial charge in [-0.15, -0.1) is 0 Å². The van der Waals surface area contributed by atoms with Gasteiger partial charge in [0.15, 0.2) is 5.82 Å². The molecule has 1 unspecified atom stereocenters. The predicted octanol–water partition coefficient (Wildman–Crippen LogP) is 3.06. The summed E-state index contributed by atoms with van der Waals surface area (Å²) in [5.41, 5.74) is -0.168. The minimum Gasteiger partial charge on any atom is -0.481 e. The number of urea groups is 1. The summed E-state index contributed by atoms with van der Waals surface area (Å²) >= 11 is 2.98. The molecule has 0 spiro atoms. The fourth-order valence-corrected chi connectivity index (χ4v) is 2.72. The van der Waals surface area contributed by atoms with Gasteiger partial charge >= 0.3 is 12.0 Å². The van der Waals surface area contributed by atoms with Crippen molar-refractivity contribution in [2.24, 2.45) is 5.92 Å². The summed E-state index contributed by atoms with van der Waals surface area (Å²) in [6, 6.07) is 1.10. The number of anilines is 1. The van der Waals surface area contributed by atoms with Crippen molar-refractivity contribution in [1.82, 2.24) is 4.90 Å². The number of piperidine rings is 1. The van der Waals surface area contributed by atoms with Crippen LogP contribution in [0.2, 0.25) is 0 Å². The monoisotopic (exact) mass is 362 g/mol. The van der Waals surface area contributed by atoms with Gasteiger partial charge < -0.3 is 15.3 Å². The van der Waals surface area contributed by atoms with Gasteiger partial charge in [-0.3, -0.25) is 4.79 Å². The van der Waals surface area contributed by atoms with Crippen molar-refractivity contribution in [3.8, 4) is 0 Å². The molecule has 21 heavy (non-hydrogen) atoms. The standard InChI is InChI=1S/C13H13BrF2N2O3/c14-9-4-8(15)5-10(16)11(9)17-13(21)18-3-1-2-7(6-18)12(19)20/h4-5,7H,1-3,6H2,(H,17,21)(H,19,20). The Morgan fingerprint density at radius 2 is 2.10 bits per heavy atom. The van der Waals surface area contributed by atoms with Gasteiger partial charge in [-0.1, -0.05) is 0 Å². The van der Waals surface area contributed by atoms with Gasteiger partial charge in [0.2, 0.25) is 0 Å². The zero-order valence-corrected chi connectivity index (χ0v) is 12.5. The molecule has 0 aliphatic carbocycles. The lowest BCUT2D eigenvalue weighted by atomic mass is 9.99. The Morgan fingerprint density at radius 1 is 1.38 bits per heavy atom. The average Bonchev–Trinajstić information content (AvgIpc) is 2.42. The maximum absolute atomic E-state index is 13.6. The average molecular weight is 363 g/mol. The van der Waals surface area contributed by atoms with Crippen LogP contribution in [0.5, 0.6) is 0 Å². The lowest BCUT2D eigenvalue weighted by Gasteiger charge is -2.30. The molecule has 2 rings (SSSR count). The number of hydrogen-bond acceptors (Lipinski definition) is 2. The number of carbonyl (C=O) groups is 2. The number of nitrogens with zero attached hydrogens (tertiary/aromatic N) is 1. The summed E-state index contributed by atoms with van der Waals surface area (Å²) in [7, 11) is 0. The number of halogens is 3. The molecule has 1 aliphatic rings. The van der Waals surface area contributed by atoms with E-state index in [1.807, 2.05) is 0 Å². The molecule has 5 nitrogen and oxygen atoms in total. The van der Waals surface area contributed by atoms with Crippen LogP contribution in [0.1, 0.15) is 12.8 Å². The molecule has 0 saturated carbocycles. The first-order valence-corrected chi connectivity index (χ1v) is 7.11. The van der Waals surface area contributed by atoms with Gasteiger partial charge in [0, 0.05) is 23.6 Å². The van der Waals surface area contributed by atoms with E-state index in [4.69, 9.17) is 5.11 Å². The van der Waals surface area contributed by atoms with E-state index >= 15 is 0 Å². The number of hydrogen-bond donors (Lipinski definition) is 2. The van der Waals surface area contributed by atoms with Crippen LogP contribution in [0.3, 0.4) is 0 Å². The first kappa shape index (κ1) is 15.7. The molecule has 1 fully saturated rings. The van der Waals surface area contributed by atoms with Crippen LogP contribution in [-0.4, -0.2) is 35.1 Å². The lowest BCUT2D eigenvalue weighted by Crippen LogP contribution is -2.44. The van der Waals surface area contributed by atoms with Crippen LogP contribution in [0.15, 0.2) is 16.6 Å². The van der Waals surface area contributed by atoms with E-state index in [0.717, 1.165) is 6.07 Å². The summed E-state index contributed by atoms with van der Waals surface area (Å²) in [5, 5.41) is 11.3. The summed E-state index contributed by atoms with van der Waals surface area (Å²) < 4.78 is 26.7. The van der Waals surface area contributed by atoms with E-state index in [1.54, 1.807) is 0 Å². The van der Waals surface area contributed by atoms with Gasteiger partial charge in [0.1, 0.15) is 5.82 Å². The van der Waals surface area contributed by atoms with Crippen molar-refractivity contribution in [3.05, 3.63) is 28.2 Å². The molecule has 1 aliphatic heterocycles. The second kappa shape index (κ2) is 6.38. The summed E-state index contributed by atoms with van der Waals surface area (Å²) in [4.78, 5) is 24.3. The maximum atomic E-state index is 13.6. The number of amides is 2. The third-order valence-corrected chi connectivity index (χ3v) is 3.92. The highest BCUT2D eigenvalue weighted by molar-refractivity contribution is 9.10. The third kappa shape index (κ3) is 3.69. The molecule has 8 heteroatoms. The molecule has 0 bridgehead atoms. The summed E-state index contributed by atoms with van der Waals surface area (Å²) in [6.07, 6.45) is 1.07. The summed E-state index contributed by atoms with van der Waals surface area (Å²) in [6.45, 7) is 0.470. The van der Waals surface area contributed by atoms with Crippen molar-refractivity contribution in [2.75, 3.05) is 18.4 Å². The van der Waals surface area contributed by atoms with E-state index < -0.39 is 29.6 Å². The highest BCUT2D eigenvalue weighted by atomic mass is 79.9. The van der Waals surface area contributed by atoms with Crippen LogP contribution in [0.25, 0.3) is 0 Å². The molecule has 114 valence electrons. The smallest absolute Gasteiger partial charge is 0.321 e. The zero-order chi connectivity index (χ0) is 15.6. The quantitative estimate of drug-likeness (QED) is 0.849. The van der Waals surface area contributed by atoms with Gasteiger partial charge in [-0.2, -0.15) is 0 Å². The molecule has 1 aromatic carbocycles. The van der Waals surface area contributed by atoms with Gasteiger partial charge in [-0.05, 0) is 34.8 Å². The topological polar surface area (TPSA) is 69.6 Å². The largest absolute Gasteiger partial charge is 0.481 e. The van der Waals surface area contributed by atoms with Crippen molar-refractivity contribution in [1.29, 1.82) is 0 Å². The molecule has 1 atom stereocenters. The Kier molecular flexibility index (Phi) is 4.76. The molecule has 0 radical (unpaired) electrons. The summed E-state index contributed by atoms with van der Waals surface area (Å²) in [5.74, 6) is -3.24. The molecule has 0 aromatic heterocycles.